The highest BCUT2D eigenvalue weighted by Gasteiger charge is 2.09. The number of unbranched alkanes of at least 4 members (excludes halogenated alkanes) is 2. The smallest absolute Gasteiger partial charge is 0.165 e. The molecule has 0 N–H and O–H groups in total. The summed E-state index contributed by atoms with van der Waals surface area (Å²) >= 11 is 0. The largest absolute Gasteiger partial charge is 0.294 e. The second-order valence-corrected chi connectivity index (χ2v) is 3.27. The lowest BCUT2D eigenvalue weighted by Crippen LogP contribution is -2.01. The number of hydrogen-bond donors (Lipinski definition) is 0. The standard InChI is InChI=1S/C12H12FNO/c13-11-7-4-3-6-10(11)12(15)8-2-1-5-9-14/h3-4,6-7H,1-2,5,8H2. The maximum absolute atomic E-state index is 13.1. The van der Waals surface area contributed by atoms with E-state index in [9.17, 15) is 9.18 Å². The summed E-state index contributed by atoms with van der Waals surface area (Å²) < 4.78 is 13.1. The van der Waals surface area contributed by atoms with Gasteiger partial charge in [-0.05, 0) is 25.0 Å². The minimum absolute atomic E-state index is 0.148. The molecule has 0 radical (unpaired) electrons. The van der Waals surface area contributed by atoms with Crippen LogP contribution in [0.3, 0.4) is 0 Å². The van der Waals surface area contributed by atoms with Gasteiger partial charge in [-0.1, -0.05) is 12.1 Å². The van der Waals surface area contributed by atoms with Gasteiger partial charge in [0.2, 0.25) is 0 Å². The van der Waals surface area contributed by atoms with Gasteiger partial charge in [0.1, 0.15) is 5.82 Å². The van der Waals surface area contributed by atoms with Crippen LogP contribution in [0.25, 0.3) is 0 Å². The van der Waals surface area contributed by atoms with Gasteiger partial charge in [0.05, 0.1) is 11.6 Å². The topological polar surface area (TPSA) is 40.9 Å². The lowest BCUT2D eigenvalue weighted by molar-refractivity contribution is 0.0975. The Morgan fingerprint density at radius 1 is 1.33 bits per heavy atom. The summed E-state index contributed by atoms with van der Waals surface area (Å²) in [7, 11) is 0. The average molecular weight is 205 g/mol. The van der Waals surface area contributed by atoms with Crippen LogP contribution in [0.1, 0.15) is 36.0 Å². The third kappa shape index (κ3) is 3.51. The summed E-state index contributed by atoms with van der Waals surface area (Å²) in [5.74, 6) is -0.658. The first-order valence-corrected chi connectivity index (χ1v) is 4.90. The minimum Gasteiger partial charge on any atom is -0.294 e. The van der Waals surface area contributed by atoms with Crippen LogP contribution in [0.4, 0.5) is 4.39 Å². The number of rotatable bonds is 5. The number of ketones is 1. The maximum Gasteiger partial charge on any atom is 0.165 e. The molecule has 0 heterocycles. The van der Waals surface area contributed by atoms with E-state index in [1.807, 2.05) is 6.07 Å². The number of hydrogen-bond acceptors (Lipinski definition) is 2. The first-order valence-electron chi connectivity index (χ1n) is 4.90. The van der Waals surface area contributed by atoms with Crippen molar-refractivity contribution in [3.05, 3.63) is 35.6 Å². The predicted octanol–water partition coefficient (Wildman–Crippen LogP) is 3.09. The van der Waals surface area contributed by atoms with Gasteiger partial charge in [-0.15, -0.1) is 0 Å². The molecule has 2 nitrogen and oxygen atoms in total. The van der Waals surface area contributed by atoms with Gasteiger partial charge >= 0.3 is 0 Å². The Balaban J connectivity index is 2.48. The van der Waals surface area contributed by atoms with Crippen molar-refractivity contribution in [3.63, 3.8) is 0 Å². The number of benzene rings is 1. The zero-order valence-electron chi connectivity index (χ0n) is 8.37. The van der Waals surface area contributed by atoms with Crippen LogP contribution in [0, 0.1) is 17.1 Å². The Labute approximate surface area is 88.3 Å². The van der Waals surface area contributed by atoms with Crippen molar-refractivity contribution in [2.75, 3.05) is 0 Å². The quantitative estimate of drug-likeness (QED) is 0.547. The summed E-state index contributed by atoms with van der Waals surface area (Å²) in [6, 6.07) is 7.98. The summed E-state index contributed by atoms with van der Waals surface area (Å²) in [6.07, 6.45) is 2.09. The molecule has 15 heavy (non-hydrogen) atoms. The van der Waals surface area contributed by atoms with Crippen LogP contribution in [-0.2, 0) is 0 Å². The van der Waals surface area contributed by atoms with E-state index in [0.717, 1.165) is 0 Å². The van der Waals surface area contributed by atoms with Crippen LogP contribution < -0.4 is 0 Å². The van der Waals surface area contributed by atoms with Gasteiger partial charge in [-0.2, -0.15) is 5.26 Å². The molecule has 0 aromatic heterocycles. The fourth-order valence-corrected chi connectivity index (χ4v) is 1.31. The number of carbonyl (C=O) groups excluding carboxylic acids is 1. The van der Waals surface area contributed by atoms with Crippen molar-refractivity contribution in [2.24, 2.45) is 0 Å². The van der Waals surface area contributed by atoms with Gasteiger partial charge < -0.3 is 0 Å². The predicted molar refractivity (Wildman–Crippen MR) is 54.8 cm³/mol. The van der Waals surface area contributed by atoms with Gasteiger partial charge in [0, 0.05) is 12.8 Å². The van der Waals surface area contributed by atoms with Crippen molar-refractivity contribution in [2.45, 2.75) is 25.7 Å². The zero-order valence-corrected chi connectivity index (χ0v) is 8.37. The molecule has 0 saturated carbocycles. The highest BCUT2D eigenvalue weighted by molar-refractivity contribution is 5.96. The Morgan fingerprint density at radius 2 is 2.07 bits per heavy atom. The summed E-state index contributed by atoms with van der Waals surface area (Å²) in [6.45, 7) is 0. The fraction of sp³-hybridized carbons (Fsp3) is 0.333. The summed E-state index contributed by atoms with van der Waals surface area (Å²) in [5.41, 5.74) is 0.148. The third-order valence-electron chi connectivity index (χ3n) is 2.12. The van der Waals surface area contributed by atoms with Gasteiger partial charge in [0.15, 0.2) is 5.78 Å². The molecule has 0 bridgehead atoms. The minimum atomic E-state index is -0.470. The number of nitrogens with zero attached hydrogens (tertiary/aromatic N) is 1. The first kappa shape index (κ1) is 11.4. The van der Waals surface area contributed by atoms with E-state index in [0.29, 0.717) is 25.7 Å². The molecule has 1 aromatic rings. The van der Waals surface area contributed by atoms with E-state index in [2.05, 4.69) is 0 Å². The molecular weight excluding hydrogens is 193 g/mol. The molecule has 78 valence electrons. The van der Waals surface area contributed by atoms with Crippen LogP contribution in [0.2, 0.25) is 0 Å². The zero-order chi connectivity index (χ0) is 11.1. The molecule has 3 heteroatoms. The highest BCUT2D eigenvalue weighted by Crippen LogP contribution is 2.11. The molecule has 0 atom stereocenters. The van der Waals surface area contributed by atoms with Crippen LogP contribution >= 0.6 is 0 Å². The highest BCUT2D eigenvalue weighted by atomic mass is 19.1. The summed E-state index contributed by atoms with van der Waals surface area (Å²) in [5, 5.41) is 8.30. The average Bonchev–Trinajstić information content (AvgIpc) is 2.25. The molecule has 0 aliphatic rings. The van der Waals surface area contributed by atoms with Crippen molar-refractivity contribution in [3.8, 4) is 6.07 Å². The van der Waals surface area contributed by atoms with Crippen molar-refractivity contribution < 1.29 is 9.18 Å². The van der Waals surface area contributed by atoms with Crippen molar-refractivity contribution in [1.29, 1.82) is 5.26 Å². The molecular formula is C12H12FNO. The van der Waals surface area contributed by atoms with E-state index < -0.39 is 5.82 Å². The van der Waals surface area contributed by atoms with E-state index in [-0.39, 0.29) is 11.3 Å². The maximum atomic E-state index is 13.1. The molecule has 0 spiro atoms. The molecule has 1 aromatic carbocycles. The van der Waals surface area contributed by atoms with Gasteiger partial charge in [0.25, 0.3) is 0 Å². The molecule has 0 saturated heterocycles. The first-order chi connectivity index (χ1) is 7.25. The fourth-order valence-electron chi connectivity index (χ4n) is 1.31. The molecule has 0 fully saturated rings. The Hall–Kier alpha value is -1.69. The molecule has 0 unspecified atom stereocenters. The van der Waals surface area contributed by atoms with Crippen LogP contribution in [0.15, 0.2) is 24.3 Å². The van der Waals surface area contributed by atoms with Gasteiger partial charge in [-0.3, -0.25) is 4.79 Å². The van der Waals surface area contributed by atoms with E-state index >= 15 is 0 Å². The number of nitriles is 1. The lowest BCUT2D eigenvalue weighted by Gasteiger charge is -2.00. The van der Waals surface area contributed by atoms with Crippen LogP contribution in [0.5, 0.6) is 0 Å². The SMILES string of the molecule is N#CCCCCC(=O)c1ccccc1F. The number of Topliss-reactive ketones (excluding diaryl/α,β-unsaturated/α-hetero) is 1. The van der Waals surface area contributed by atoms with Crippen molar-refractivity contribution in [1.82, 2.24) is 0 Å². The molecule has 0 aliphatic heterocycles. The second-order valence-electron chi connectivity index (χ2n) is 3.27. The van der Waals surface area contributed by atoms with E-state index in [1.54, 1.807) is 12.1 Å². The second kappa shape index (κ2) is 5.92. The molecule has 0 aliphatic carbocycles. The van der Waals surface area contributed by atoms with E-state index in [1.165, 1.54) is 12.1 Å². The molecule has 1 rings (SSSR count). The Morgan fingerprint density at radius 3 is 2.73 bits per heavy atom. The van der Waals surface area contributed by atoms with Crippen LogP contribution in [-0.4, -0.2) is 5.78 Å². The Kier molecular flexibility index (Phi) is 4.49. The third-order valence-corrected chi connectivity index (χ3v) is 2.12. The number of carbonyl (C=O) groups is 1. The normalized spacial score (nSPS) is 9.60. The van der Waals surface area contributed by atoms with Crippen molar-refractivity contribution >= 4 is 5.78 Å². The number of halogens is 1. The van der Waals surface area contributed by atoms with Gasteiger partial charge in [-0.25, -0.2) is 4.39 Å². The summed E-state index contributed by atoms with van der Waals surface area (Å²) in [4.78, 5) is 11.5. The van der Waals surface area contributed by atoms with E-state index in [4.69, 9.17) is 5.26 Å². The molecule has 0 amide bonds. The lowest BCUT2D eigenvalue weighted by atomic mass is 10.0. The monoisotopic (exact) mass is 205 g/mol. The Bertz CT molecular complexity index is 381.